The van der Waals surface area contributed by atoms with Gasteiger partial charge in [-0.2, -0.15) is 0 Å². The lowest BCUT2D eigenvalue weighted by atomic mass is 9.97. The van der Waals surface area contributed by atoms with Gasteiger partial charge >= 0.3 is 0 Å². The molecule has 1 fully saturated rings. The Bertz CT molecular complexity index is 365. The number of benzene rings is 1. The number of piperidine rings is 1. The lowest BCUT2D eigenvalue weighted by molar-refractivity contribution is 0.0377. The van der Waals surface area contributed by atoms with E-state index in [0.717, 1.165) is 31.8 Å². The molecule has 1 aromatic carbocycles. The van der Waals surface area contributed by atoms with Gasteiger partial charge in [0.15, 0.2) is 0 Å². The molecule has 2 rings (SSSR count). The normalized spacial score (nSPS) is 25.3. The molecule has 1 heterocycles. The Morgan fingerprint density at radius 1 is 1.33 bits per heavy atom. The molecule has 0 aliphatic carbocycles. The fourth-order valence-corrected chi connectivity index (χ4v) is 3.26. The van der Waals surface area contributed by atoms with Crippen LogP contribution in [0.25, 0.3) is 0 Å². The van der Waals surface area contributed by atoms with Crippen molar-refractivity contribution < 1.29 is 5.11 Å². The van der Waals surface area contributed by atoms with Crippen molar-refractivity contribution in [3.8, 4) is 0 Å². The Balaban J connectivity index is 1.71. The first-order valence-corrected chi connectivity index (χ1v) is 7.73. The molecule has 0 saturated carbocycles. The van der Waals surface area contributed by atoms with Gasteiger partial charge in [0.1, 0.15) is 0 Å². The first kappa shape index (κ1) is 13.9. The van der Waals surface area contributed by atoms with Gasteiger partial charge in [-0.3, -0.25) is 0 Å². The van der Waals surface area contributed by atoms with Gasteiger partial charge in [0.2, 0.25) is 0 Å². The molecule has 1 saturated heterocycles. The van der Waals surface area contributed by atoms with E-state index in [-0.39, 0.29) is 6.10 Å². The Kier molecular flexibility index (Phi) is 5.10. The Morgan fingerprint density at radius 2 is 2.06 bits per heavy atom. The lowest BCUT2D eigenvalue weighted by Gasteiger charge is -2.34. The highest BCUT2D eigenvalue weighted by atomic mass is 32.2. The molecule has 18 heavy (non-hydrogen) atoms. The van der Waals surface area contributed by atoms with E-state index < -0.39 is 0 Å². The molecule has 1 aromatic rings. The van der Waals surface area contributed by atoms with Gasteiger partial charge < -0.3 is 10.0 Å². The molecule has 1 aliphatic rings. The van der Waals surface area contributed by atoms with Gasteiger partial charge in [0.25, 0.3) is 0 Å². The molecule has 2 atom stereocenters. The summed E-state index contributed by atoms with van der Waals surface area (Å²) in [5, 5.41) is 9.69. The van der Waals surface area contributed by atoms with Gasteiger partial charge in [-0.05, 0) is 31.4 Å². The number of likely N-dealkylation sites (tertiary alicyclic amines) is 1. The Hall–Kier alpha value is -0.510. The van der Waals surface area contributed by atoms with Crippen molar-refractivity contribution in [1.82, 2.24) is 4.90 Å². The lowest BCUT2D eigenvalue weighted by Crippen LogP contribution is -2.42. The van der Waals surface area contributed by atoms with E-state index in [0.29, 0.717) is 5.92 Å². The number of aliphatic hydroxyl groups excluding tert-OH is 1. The van der Waals surface area contributed by atoms with Gasteiger partial charge in [-0.1, -0.05) is 24.6 Å². The highest BCUT2D eigenvalue weighted by Crippen LogP contribution is 2.20. The van der Waals surface area contributed by atoms with Crippen LogP contribution in [0.1, 0.15) is 18.9 Å². The zero-order valence-electron chi connectivity index (χ0n) is 11.3. The summed E-state index contributed by atoms with van der Waals surface area (Å²) >= 11 is 1.92. The van der Waals surface area contributed by atoms with Gasteiger partial charge in [-0.15, -0.1) is 11.8 Å². The van der Waals surface area contributed by atoms with Crippen LogP contribution in [-0.4, -0.2) is 41.5 Å². The average Bonchev–Trinajstić information content (AvgIpc) is 2.36. The summed E-state index contributed by atoms with van der Waals surface area (Å²) in [6.07, 6.45) is 0.835. The van der Waals surface area contributed by atoms with E-state index in [1.807, 2.05) is 11.8 Å². The molecule has 2 nitrogen and oxygen atoms in total. The largest absolute Gasteiger partial charge is 0.393 e. The number of hydrogen-bond acceptors (Lipinski definition) is 3. The van der Waals surface area contributed by atoms with E-state index in [2.05, 4.69) is 43.0 Å². The third kappa shape index (κ3) is 4.01. The molecule has 3 heteroatoms. The van der Waals surface area contributed by atoms with E-state index in [1.165, 1.54) is 10.5 Å². The highest BCUT2D eigenvalue weighted by molar-refractivity contribution is 7.99. The van der Waals surface area contributed by atoms with Crippen LogP contribution in [0.3, 0.4) is 0 Å². The van der Waals surface area contributed by atoms with Crippen molar-refractivity contribution in [2.45, 2.75) is 31.3 Å². The van der Waals surface area contributed by atoms with E-state index in [4.69, 9.17) is 0 Å². The van der Waals surface area contributed by atoms with Crippen LogP contribution in [0.2, 0.25) is 0 Å². The maximum absolute atomic E-state index is 9.69. The van der Waals surface area contributed by atoms with Gasteiger partial charge in [0, 0.05) is 30.3 Å². The van der Waals surface area contributed by atoms with E-state index in [1.54, 1.807) is 0 Å². The van der Waals surface area contributed by atoms with Crippen molar-refractivity contribution in [3.63, 3.8) is 0 Å². The molecular weight excluding hydrogens is 242 g/mol. The van der Waals surface area contributed by atoms with Crippen molar-refractivity contribution in [2.75, 3.05) is 25.4 Å². The summed E-state index contributed by atoms with van der Waals surface area (Å²) in [6, 6.07) is 8.73. The Labute approximate surface area is 114 Å². The van der Waals surface area contributed by atoms with Crippen molar-refractivity contribution in [1.29, 1.82) is 0 Å². The molecule has 2 unspecified atom stereocenters. The predicted molar refractivity (Wildman–Crippen MR) is 78.1 cm³/mol. The van der Waals surface area contributed by atoms with Crippen LogP contribution >= 0.6 is 11.8 Å². The molecule has 1 N–H and O–H groups in total. The third-order valence-electron chi connectivity index (χ3n) is 3.64. The quantitative estimate of drug-likeness (QED) is 0.847. The molecular formula is C15H23NOS. The standard InChI is InChI=1S/C15H23NOS/c1-12-3-5-14(6-4-12)18-10-9-16-8-7-15(17)13(2)11-16/h3-6,13,15,17H,7-11H2,1-2H3. The summed E-state index contributed by atoms with van der Waals surface area (Å²) in [6.45, 7) is 7.46. The zero-order chi connectivity index (χ0) is 13.0. The fourth-order valence-electron chi connectivity index (χ4n) is 2.35. The molecule has 0 spiro atoms. The molecule has 100 valence electrons. The summed E-state index contributed by atoms with van der Waals surface area (Å²) in [5.74, 6) is 1.55. The number of nitrogens with zero attached hydrogens (tertiary/aromatic N) is 1. The summed E-state index contributed by atoms with van der Waals surface area (Å²) in [4.78, 5) is 3.82. The minimum Gasteiger partial charge on any atom is -0.393 e. The van der Waals surface area contributed by atoms with Crippen LogP contribution in [0, 0.1) is 12.8 Å². The second-order valence-corrected chi connectivity index (χ2v) is 6.46. The molecule has 0 radical (unpaired) electrons. The van der Waals surface area contributed by atoms with Gasteiger partial charge in [0.05, 0.1) is 6.10 Å². The highest BCUT2D eigenvalue weighted by Gasteiger charge is 2.23. The summed E-state index contributed by atoms with van der Waals surface area (Å²) in [7, 11) is 0. The average molecular weight is 265 g/mol. The maximum atomic E-state index is 9.69. The van der Waals surface area contributed by atoms with Gasteiger partial charge in [-0.25, -0.2) is 0 Å². The van der Waals surface area contributed by atoms with E-state index >= 15 is 0 Å². The Morgan fingerprint density at radius 3 is 2.72 bits per heavy atom. The number of hydrogen-bond donors (Lipinski definition) is 1. The van der Waals surface area contributed by atoms with E-state index in [9.17, 15) is 5.11 Å². The maximum Gasteiger partial charge on any atom is 0.0590 e. The topological polar surface area (TPSA) is 23.5 Å². The fraction of sp³-hybridized carbons (Fsp3) is 0.600. The third-order valence-corrected chi connectivity index (χ3v) is 4.63. The smallest absolute Gasteiger partial charge is 0.0590 e. The second kappa shape index (κ2) is 6.60. The van der Waals surface area contributed by atoms with Crippen LogP contribution < -0.4 is 0 Å². The van der Waals surface area contributed by atoms with Crippen LogP contribution in [0.5, 0.6) is 0 Å². The monoisotopic (exact) mass is 265 g/mol. The first-order chi connectivity index (χ1) is 8.65. The molecule has 0 aromatic heterocycles. The molecule has 0 bridgehead atoms. The van der Waals surface area contributed by atoms with Crippen LogP contribution in [0.15, 0.2) is 29.2 Å². The van der Waals surface area contributed by atoms with Crippen molar-refractivity contribution in [3.05, 3.63) is 29.8 Å². The number of rotatable bonds is 4. The van der Waals surface area contributed by atoms with Crippen molar-refractivity contribution >= 4 is 11.8 Å². The van der Waals surface area contributed by atoms with Crippen LogP contribution in [0.4, 0.5) is 0 Å². The predicted octanol–water partition coefficient (Wildman–Crippen LogP) is 2.79. The number of thioether (sulfide) groups is 1. The zero-order valence-corrected chi connectivity index (χ0v) is 12.1. The number of aliphatic hydroxyl groups is 1. The SMILES string of the molecule is Cc1ccc(SCCN2CCC(O)C(C)C2)cc1. The van der Waals surface area contributed by atoms with Crippen molar-refractivity contribution in [2.24, 2.45) is 5.92 Å². The summed E-state index contributed by atoms with van der Waals surface area (Å²) in [5.41, 5.74) is 1.32. The summed E-state index contributed by atoms with van der Waals surface area (Å²) < 4.78 is 0. The van der Waals surface area contributed by atoms with Crippen LogP contribution in [-0.2, 0) is 0 Å². The second-order valence-electron chi connectivity index (χ2n) is 5.30. The first-order valence-electron chi connectivity index (χ1n) is 6.75. The molecule has 1 aliphatic heterocycles. The molecule has 0 amide bonds. The number of aryl methyl sites for hydroxylation is 1. The minimum absolute atomic E-state index is 0.0917. The minimum atomic E-state index is -0.0917.